The predicted octanol–water partition coefficient (Wildman–Crippen LogP) is 12.8. The third kappa shape index (κ3) is 13.5. The molecule has 0 aliphatic heterocycles. The summed E-state index contributed by atoms with van der Waals surface area (Å²) in [6.07, 6.45) is 7.00. The molecule has 0 saturated carbocycles. The maximum absolute atomic E-state index is 15.2. The van der Waals surface area contributed by atoms with E-state index in [2.05, 4.69) is 29.9 Å². The molecule has 0 spiro atoms. The number of alkyl halides is 1. The number of nitriles is 1. The fraction of sp³-hybridized carbons (Fsp3) is 0.311. The van der Waals surface area contributed by atoms with E-state index in [1.807, 2.05) is 83.2 Å². The topological polar surface area (TPSA) is 177 Å². The number of imide groups is 1. The second-order valence-corrected chi connectivity index (χ2v) is 20.6. The van der Waals surface area contributed by atoms with Crippen LogP contribution in [-0.2, 0) is 17.9 Å². The van der Waals surface area contributed by atoms with Gasteiger partial charge in [0.15, 0.2) is 0 Å². The molecule has 2 amide bonds. The summed E-state index contributed by atoms with van der Waals surface area (Å²) in [5, 5.41) is 28.0. The fourth-order valence-corrected chi connectivity index (χ4v) is 11.8. The van der Waals surface area contributed by atoms with Gasteiger partial charge in [-0.1, -0.05) is 98.7 Å². The van der Waals surface area contributed by atoms with Crippen LogP contribution in [0, 0.1) is 11.3 Å². The smallest absolute Gasteiger partial charge is 0.417 e. The van der Waals surface area contributed by atoms with Gasteiger partial charge in [-0.3, -0.25) is 4.79 Å². The molecule has 4 N–H and O–H groups in total. The van der Waals surface area contributed by atoms with Crippen LogP contribution in [-0.4, -0.2) is 76.1 Å². The number of carbonyl (C=O) groups excluding carboxylic acids is 2. The average Bonchev–Trinajstić information content (AvgIpc) is 4.06. The highest BCUT2D eigenvalue weighted by Gasteiger charge is 2.31. The summed E-state index contributed by atoms with van der Waals surface area (Å²) >= 11 is 15.5. The van der Waals surface area contributed by atoms with Crippen molar-refractivity contribution in [2.24, 2.45) is 0 Å². The van der Waals surface area contributed by atoms with Crippen molar-refractivity contribution in [2.45, 2.75) is 62.7 Å². The number of aliphatic hydroxyl groups is 1. The Balaban J connectivity index is 0.00000748. The lowest BCUT2D eigenvalue weighted by Gasteiger charge is -2.24. The molecule has 0 fully saturated rings. The third-order valence-corrected chi connectivity index (χ3v) is 15.6. The van der Waals surface area contributed by atoms with Crippen LogP contribution in [0.15, 0.2) is 93.9 Å². The Bertz CT molecular complexity index is 2420. The lowest BCUT2D eigenvalue weighted by atomic mass is 9.98. The summed E-state index contributed by atoms with van der Waals surface area (Å²) in [6.45, 7) is 3.98. The molecule has 6 rings (SSSR count). The minimum Gasteiger partial charge on any atom is -0.448 e. The first-order chi connectivity index (χ1) is 30.4. The molecule has 0 aliphatic carbocycles. The monoisotopic (exact) mass is 977 g/mol. The number of thiazole rings is 2. The molecule has 0 aliphatic rings. The van der Waals surface area contributed by atoms with E-state index in [1.165, 1.54) is 34.4 Å². The number of amides is 2. The molecule has 63 heavy (non-hydrogen) atoms. The standard InChI is InChI=1S/C45H45ClN6O4S6.H3N/c1-3-5-19-57-28-61-40-36(25-47)34(23-37(50-40)41-48-16-21-59-41)32-11-7-30(8-12-32)26-52(45(55)56-18-15-46)44(54)39-35(33-13-9-31(27-53)10-14-33)24-38(42-49-17-22-60-42)51-43(39)62-29-58-20-6-4-2;/h7-14,16-17,21-24,53H,3-6,15,18-20,26-29H2,1-2H3;1H3. The molecule has 0 bridgehead atoms. The van der Waals surface area contributed by atoms with Crippen molar-refractivity contribution in [2.75, 3.05) is 34.2 Å². The number of hydrogen-bond donors (Lipinski definition) is 2. The minimum absolute atomic E-state index is 0. The Morgan fingerprint density at radius 1 is 0.810 bits per heavy atom. The van der Waals surface area contributed by atoms with Gasteiger partial charge >= 0.3 is 6.09 Å². The number of carbonyl (C=O) groups is 2. The van der Waals surface area contributed by atoms with E-state index >= 15 is 4.79 Å². The minimum atomic E-state index is -0.842. The van der Waals surface area contributed by atoms with Crippen LogP contribution in [0.25, 0.3) is 43.7 Å². The highest BCUT2D eigenvalue weighted by Crippen LogP contribution is 2.39. The Morgan fingerprint density at radius 3 is 1.87 bits per heavy atom. The molecule has 330 valence electrons. The number of nitrogens with zero attached hydrogens (tertiary/aromatic N) is 6. The van der Waals surface area contributed by atoms with E-state index in [4.69, 9.17) is 26.3 Å². The van der Waals surface area contributed by atoms with Crippen molar-refractivity contribution in [1.29, 1.82) is 5.26 Å². The Morgan fingerprint density at radius 2 is 1.35 bits per heavy atom. The van der Waals surface area contributed by atoms with Gasteiger partial charge in [0, 0.05) is 38.9 Å². The van der Waals surface area contributed by atoms with Crippen LogP contribution in [0.2, 0.25) is 0 Å². The van der Waals surface area contributed by atoms with Crippen LogP contribution in [0.4, 0.5) is 4.79 Å². The highest BCUT2D eigenvalue weighted by molar-refractivity contribution is 8.16. The Hall–Kier alpha value is -3.96. The molecular formula is C45H48ClN7O4S6. The first-order valence-electron chi connectivity index (χ1n) is 19.9. The van der Waals surface area contributed by atoms with Crippen LogP contribution < -0.4 is 6.15 Å². The highest BCUT2D eigenvalue weighted by atomic mass is 35.5. The number of unbranched alkanes of at least 4 members (excludes halogenated alkanes) is 2. The second kappa shape index (κ2) is 26.1. The maximum Gasteiger partial charge on any atom is 0.417 e. The Labute approximate surface area is 398 Å². The van der Waals surface area contributed by atoms with Crippen molar-refractivity contribution >= 4 is 93.3 Å². The largest absolute Gasteiger partial charge is 0.448 e. The number of aromatic nitrogens is 4. The first kappa shape index (κ1) is 50.0. The zero-order chi connectivity index (χ0) is 43.7. The van der Waals surface area contributed by atoms with Crippen molar-refractivity contribution in [3.63, 3.8) is 0 Å². The molecule has 6 aromatic rings. The molecule has 4 aromatic heterocycles. The quantitative estimate of drug-likeness (QED) is 0.0284. The van der Waals surface area contributed by atoms with Gasteiger partial charge in [-0.2, -0.15) is 28.8 Å². The molecule has 0 radical (unpaired) electrons. The SMILES string of the molecule is CCCCSCSc1nc(-c2nccs2)cc(-c2ccc(CN(C(=O)OCCCl)C(=O)c3c(-c4ccc(CO)cc4)cc(-c4nccs4)nc3SCSCCCC)cc2)c1C#N.N. The van der Waals surface area contributed by atoms with Gasteiger partial charge in [-0.15, -0.1) is 34.3 Å². The summed E-state index contributed by atoms with van der Waals surface area (Å²) in [5.74, 6) is 1.47. The van der Waals surface area contributed by atoms with Gasteiger partial charge in [-0.05, 0) is 64.3 Å². The predicted molar refractivity (Wildman–Crippen MR) is 265 cm³/mol. The number of ether oxygens (including phenoxy) is 1. The van der Waals surface area contributed by atoms with E-state index in [1.54, 1.807) is 35.9 Å². The van der Waals surface area contributed by atoms with Crippen LogP contribution in [0.1, 0.15) is 66.6 Å². The van der Waals surface area contributed by atoms with Gasteiger partial charge in [0.25, 0.3) is 5.91 Å². The van der Waals surface area contributed by atoms with Crippen molar-refractivity contribution < 1.29 is 19.4 Å². The third-order valence-electron chi connectivity index (χ3n) is 9.26. The summed E-state index contributed by atoms with van der Waals surface area (Å²) in [7, 11) is 0. The molecular weight excluding hydrogens is 930 g/mol. The van der Waals surface area contributed by atoms with Crippen molar-refractivity contribution in [1.82, 2.24) is 31.0 Å². The summed E-state index contributed by atoms with van der Waals surface area (Å²) < 4.78 is 5.55. The van der Waals surface area contributed by atoms with Crippen LogP contribution in [0.5, 0.6) is 0 Å². The van der Waals surface area contributed by atoms with Gasteiger partial charge in [0.05, 0.1) is 30.2 Å². The zero-order valence-corrected chi connectivity index (χ0v) is 40.6. The molecule has 0 unspecified atom stereocenters. The van der Waals surface area contributed by atoms with Crippen molar-refractivity contribution in [3.8, 4) is 49.7 Å². The van der Waals surface area contributed by atoms with Gasteiger partial charge in [0.2, 0.25) is 0 Å². The number of hydrogen-bond acceptors (Lipinski definition) is 16. The fourth-order valence-electron chi connectivity index (χ4n) is 6.07. The molecule has 0 saturated heterocycles. The van der Waals surface area contributed by atoms with Crippen molar-refractivity contribution in [3.05, 3.63) is 106 Å². The number of thioether (sulfide) groups is 4. The lowest BCUT2D eigenvalue weighted by molar-refractivity contribution is 0.0656. The normalized spacial score (nSPS) is 10.9. The van der Waals surface area contributed by atoms with Gasteiger partial charge < -0.3 is 16.0 Å². The van der Waals surface area contributed by atoms with E-state index in [9.17, 15) is 15.2 Å². The van der Waals surface area contributed by atoms with Crippen LogP contribution >= 0.6 is 81.3 Å². The second-order valence-electron chi connectivity index (χ2n) is 13.6. The summed E-state index contributed by atoms with van der Waals surface area (Å²) in [5.41, 5.74) is 6.19. The van der Waals surface area contributed by atoms with Crippen LogP contribution in [0.3, 0.4) is 0 Å². The zero-order valence-electron chi connectivity index (χ0n) is 35.0. The summed E-state index contributed by atoms with van der Waals surface area (Å²) in [4.78, 5) is 49.1. The first-order valence-corrected chi connectivity index (χ1v) is 26.5. The van der Waals surface area contributed by atoms with Gasteiger partial charge in [0.1, 0.15) is 44.1 Å². The maximum atomic E-state index is 15.2. The molecule has 2 aromatic carbocycles. The van der Waals surface area contributed by atoms with E-state index < -0.39 is 12.0 Å². The number of pyridine rings is 2. The number of benzene rings is 2. The molecule has 18 heteroatoms. The molecule has 0 atom stereocenters. The summed E-state index contributed by atoms with van der Waals surface area (Å²) in [6, 6.07) is 20.9. The van der Waals surface area contributed by atoms with E-state index in [0.29, 0.717) is 53.8 Å². The molecule has 4 heterocycles. The number of rotatable bonds is 22. The molecule has 11 nitrogen and oxygen atoms in total. The Kier molecular flexibility index (Phi) is 20.7. The van der Waals surface area contributed by atoms with E-state index in [0.717, 1.165) is 68.9 Å². The average molecular weight is 979 g/mol. The lowest BCUT2D eigenvalue weighted by Crippen LogP contribution is -2.38. The van der Waals surface area contributed by atoms with Gasteiger partial charge in [-0.25, -0.2) is 29.6 Å². The number of aliphatic hydroxyl groups excluding tert-OH is 1. The van der Waals surface area contributed by atoms with E-state index in [-0.39, 0.29) is 37.4 Å². The number of halogens is 1.